The molecule has 0 aliphatic rings. The third-order valence-corrected chi connectivity index (χ3v) is 2.03. The van der Waals surface area contributed by atoms with Crippen LogP contribution in [0.25, 0.3) is 0 Å². The van der Waals surface area contributed by atoms with Crippen LogP contribution in [-0.2, 0) is 11.2 Å². The van der Waals surface area contributed by atoms with Crippen molar-refractivity contribution in [2.75, 3.05) is 0 Å². The van der Waals surface area contributed by atoms with Gasteiger partial charge >= 0.3 is 5.97 Å². The van der Waals surface area contributed by atoms with E-state index in [9.17, 15) is 13.6 Å². The van der Waals surface area contributed by atoms with Gasteiger partial charge in [-0.3, -0.25) is 4.79 Å². The van der Waals surface area contributed by atoms with Crippen molar-refractivity contribution in [3.05, 3.63) is 34.3 Å². The Bertz CT molecular complexity index is 353. The molecule has 0 aromatic heterocycles. The molecule has 1 rings (SSSR count). The number of hydrogen-bond acceptors (Lipinski definition) is 1. The summed E-state index contributed by atoms with van der Waals surface area (Å²) in [6, 6.07) is 4.10. The van der Waals surface area contributed by atoms with Crippen LogP contribution in [0.4, 0.5) is 8.78 Å². The topological polar surface area (TPSA) is 37.3 Å². The second-order valence-electron chi connectivity index (χ2n) is 2.68. The highest BCUT2D eigenvalue weighted by molar-refractivity contribution is 6.31. The fraction of sp³-hybridized carbons (Fsp3) is 0.222. The molecule has 76 valence electrons. The maximum absolute atomic E-state index is 12.5. The van der Waals surface area contributed by atoms with E-state index in [-0.39, 0.29) is 10.6 Å². The van der Waals surface area contributed by atoms with Crippen LogP contribution in [0.3, 0.4) is 0 Å². The van der Waals surface area contributed by atoms with Crippen molar-refractivity contribution < 1.29 is 18.7 Å². The molecular formula is C9H7ClF2O2. The smallest absolute Gasteiger partial charge is 0.307 e. The van der Waals surface area contributed by atoms with E-state index in [1.807, 2.05) is 0 Å². The van der Waals surface area contributed by atoms with E-state index in [1.165, 1.54) is 18.2 Å². The molecule has 0 atom stereocenters. The van der Waals surface area contributed by atoms with Crippen LogP contribution < -0.4 is 0 Å². The van der Waals surface area contributed by atoms with E-state index >= 15 is 0 Å². The fourth-order valence-electron chi connectivity index (χ4n) is 1.14. The maximum atomic E-state index is 12.5. The number of carboxylic acids is 1. The van der Waals surface area contributed by atoms with Gasteiger partial charge in [0, 0.05) is 10.6 Å². The molecular weight excluding hydrogens is 214 g/mol. The number of carbonyl (C=O) groups is 1. The molecule has 0 bridgehead atoms. The minimum atomic E-state index is -2.75. The van der Waals surface area contributed by atoms with Crippen molar-refractivity contribution in [3.63, 3.8) is 0 Å². The molecule has 0 fully saturated rings. The van der Waals surface area contributed by atoms with Gasteiger partial charge in [0.25, 0.3) is 6.43 Å². The zero-order valence-electron chi connectivity index (χ0n) is 7.01. The summed E-state index contributed by atoms with van der Waals surface area (Å²) in [5.74, 6) is -1.16. The average Bonchev–Trinajstić information content (AvgIpc) is 2.01. The van der Waals surface area contributed by atoms with Gasteiger partial charge in [0.2, 0.25) is 0 Å². The minimum absolute atomic E-state index is 0.0556. The van der Waals surface area contributed by atoms with E-state index in [0.29, 0.717) is 0 Å². The van der Waals surface area contributed by atoms with E-state index in [2.05, 4.69) is 0 Å². The fourth-order valence-corrected chi connectivity index (χ4v) is 1.42. The Morgan fingerprint density at radius 3 is 2.64 bits per heavy atom. The number of hydrogen-bond donors (Lipinski definition) is 1. The summed E-state index contributed by atoms with van der Waals surface area (Å²) in [5.41, 5.74) is -0.337. The average molecular weight is 221 g/mol. The molecule has 14 heavy (non-hydrogen) atoms. The molecule has 0 saturated carbocycles. The Morgan fingerprint density at radius 1 is 1.50 bits per heavy atom. The molecule has 1 N–H and O–H groups in total. The molecule has 1 aromatic carbocycles. The predicted molar refractivity (Wildman–Crippen MR) is 47.7 cm³/mol. The summed E-state index contributed by atoms with van der Waals surface area (Å²) < 4.78 is 24.9. The molecule has 0 radical (unpaired) electrons. The van der Waals surface area contributed by atoms with E-state index in [0.717, 1.165) is 0 Å². The van der Waals surface area contributed by atoms with E-state index < -0.39 is 24.4 Å². The minimum Gasteiger partial charge on any atom is -0.481 e. The zero-order chi connectivity index (χ0) is 10.7. The first-order valence-electron chi connectivity index (χ1n) is 3.79. The summed E-state index contributed by atoms with van der Waals surface area (Å²) in [6.07, 6.45) is -3.20. The summed E-state index contributed by atoms with van der Waals surface area (Å²) in [6.45, 7) is 0. The highest BCUT2D eigenvalue weighted by Gasteiger charge is 2.17. The Morgan fingerprint density at radius 2 is 2.14 bits per heavy atom. The summed E-state index contributed by atoms with van der Waals surface area (Å²) >= 11 is 5.53. The van der Waals surface area contributed by atoms with Crippen LogP contribution >= 0.6 is 11.6 Å². The van der Waals surface area contributed by atoms with Gasteiger partial charge in [-0.1, -0.05) is 23.7 Å². The third kappa shape index (κ3) is 2.42. The first-order valence-corrected chi connectivity index (χ1v) is 4.17. The molecule has 0 heterocycles. The number of benzene rings is 1. The summed E-state index contributed by atoms with van der Waals surface area (Å²) in [7, 11) is 0. The SMILES string of the molecule is O=C(O)Cc1cccc(Cl)c1C(F)F. The quantitative estimate of drug-likeness (QED) is 0.851. The van der Waals surface area contributed by atoms with Crippen molar-refractivity contribution in [2.45, 2.75) is 12.8 Å². The molecule has 5 heteroatoms. The lowest BCUT2D eigenvalue weighted by Gasteiger charge is -2.08. The Hall–Kier alpha value is -1.16. The molecule has 0 unspecified atom stereocenters. The van der Waals surface area contributed by atoms with Crippen molar-refractivity contribution >= 4 is 17.6 Å². The normalized spacial score (nSPS) is 10.6. The van der Waals surface area contributed by atoms with Crippen LogP contribution in [0.1, 0.15) is 17.6 Å². The lowest BCUT2D eigenvalue weighted by atomic mass is 10.1. The van der Waals surface area contributed by atoms with Crippen LogP contribution in [-0.4, -0.2) is 11.1 Å². The number of alkyl halides is 2. The van der Waals surface area contributed by atoms with Crippen molar-refractivity contribution in [3.8, 4) is 0 Å². The van der Waals surface area contributed by atoms with Gasteiger partial charge < -0.3 is 5.11 Å². The molecule has 0 amide bonds. The maximum Gasteiger partial charge on any atom is 0.307 e. The predicted octanol–water partition coefficient (Wildman–Crippen LogP) is 2.90. The van der Waals surface area contributed by atoms with Crippen LogP contribution in [0.2, 0.25) is 5.02 Å². The molecule has 1 aromatic rings. The molecule has 0 saturated heterocycles. The van der Waals surface area contributed by atoms with Gasteiger partial charge in [-0.25, -0.2) is 8.78 Å². The second-order valence-corrected chi connectivity index (χ2v) is 3.09. The van der Waals surface area contributed by atoms with E-state index in [1.54, 1.807) is 0 Å². The number of halogens is 3. The van der Waals surface area contributed by atoms with Gasteiger partial charge in [0.05, 0.1) is 6.42 Å². The molecule has 0 aliphatic carbocycles. The van der Waals surface area contributed by atoms with Gasteiger partial charge in [-0.2, -0.15) is 0 Å². The third-order valence-electron chi connectivity index (χ3n) is 1.70. The van der Waals surface area contributed by atoms with Gasteiger partial charge in [0.1, 0.15) is 0 Å². The van der Waals surface area contributed by atoms with Crippen molar-refractivity contribution in [2.24, 2.45) is 0 Å². The van der Waals surface area contributed by atoms with Crippen LogP contribution in [0.15, 0.2) is 18.2 Å². The zero-order valence-corrected chi connectivity index (χ0v) is 7.76. The van der Waals surface area contributed by atoms with Gasteiger partial charge in [0.15, 0.2) is 0 Å². The highest BCUT2D eigenvalue weighted by Crippen LogP contribution is 2.30. The van der Waals surface area contributed by atoms with Crippen LogP contribution in [0, 0.1) is 0 Å². The first-order chi connectivity index (χ1) is 6.52. The van der Waals surface area contributed by atoms with Gasteiger partial charge in [-0.05, 0) is 11.6 Å². The monoisotopic (exact) mass is 220 g/mol. The Kier molecular flexibility index (Phi) is 3.41. The lowest BCUT2D eigenvalue weighted by Crippen LogP contribution is -2.04. The Balaban J connectivity index is 3.14. The standard InChI is InChI=1S/C9H7ClF2O2/c10-6-3-1-2-5(4-7(13)14)8(6)9(11)12/h1-3,9H,4H2,(H,13,14). The number of rotatable bonds is 3. The summed E-state index contributed by atoms with van der Waals surface area (Å²) in [5, 5.41) is 8.38. The highest BCUT2D eigenvalue weighted by atomic mass is 35.5. The van der Waals surface area contributed by atoms with E-state index in [4.69, 9.17) is 16.7 Å². The van der Waals surface area contributed by atoms with Crippen molar-refractivity contribution in [1.82, 2.24) is 0 Å². The number of carboxylic acid groups (broad SMARTS) is 1. The van der Waals surface area contributed by atoms with Gasteiger partial charge in [-0.15, -0.1) is 0 Å². The molecule has 0 aliphatic heterocycles. The summed E-state index contributed by atoms with van der Waals surface area (Å²) in [4.78, 5) is 10.4. The number of aliphatic carboxylic acids is 1. The molecule has 0 spiro atoms. The molecule has 2 nitrogen and oxygen atoms in total. The first kappa shape index (κ1) is 10.9. The lowest BCUT2D eigenvalue weighted by molar-refractivity contribution is -0.136. The largest absolute Gasteiger partial charge is 0.481 e. The van der Waals surface area contributed by atoms with Crippen molar-refractivity contribution in [1.29, 1.82) is 0 Å². The second kappa shape index (κ2) is 4.37. The Labute approximate surface area is 84.1 Å². The van der Waals surface area contributed by atoms with Crippen LogP contribution in [0.5, 0.6) is 0 Å².